The summed E-state index contributed by atoms with van der Waals surface area (Å²) in [7, 11) is 0. The first-order valence-electron chi connectivity index (χ1n) is 11.6. The van der Waals surface area contributed by atoms with Crippen molar-refractivity contribution in [1.82, 2.24) is 4.90 Å². The molecule has 0 unspecified atom stereocenters. The van der Waals surface area contributed by atoms with Gasteiger partial charge in [0.05, 0.1) is 0 Å². The van der Waals surface area contributed by atoms with Crippen LogP contribution in [0.3, 0.4) is 0 Å². The standard InChI is InChI=1S/C25H38F3NO3/c1-17(2)6-9-20(16-24(3,4)5)29-13-12-18(15-23(30)31)14-22(29)19-7-10-21(11-8-19)32-25(26,27)28/h7-8,10-11,17-18,20,22H,6,9,12-16H2,1-5H3,(H,30,31)/t18-,20-,22+/m1/s1. The lowest BCUT2D eigenvalue weighted by Crippen LogP contribution is -2.45. The molecule has 7 heteroatoms. The van der Waals surface area contributed by atoms with Gasteiger partial charge in [0.2, 0.25) is 0 Å². The maximum atomic E-state index is 12.6. The zero-order valence-electron chi connectivity index (χ0n) is 19.9. The molecule has 1 aromatic rings. The molecule has 1 N–H and O–H groups in total. The molecule has 0 spiro atoms. The molecule has 32 heavy (non-hydrogen) atoms. The van der Waals surface area contributed by atoms with Crippen LogP contribution in [0.4, 0.5) is 13.2 Å². The number of piperidine rings is 1. The lowest BCUT2D eigenvalue weighted by atomic mass is 9.80. The van der Waals surface area contributed by atoms with Crippen LogP contribution >= 0.6 is 0 Å². The second-order valence-electron chi connectivity index (χ2n) is 10.7. The largest absolute Gasteiger partial charge is 0.573 e. The highest BCUT2D eigenvalue weighted by atomic mass is 19.4. The number of carboxylic acid groups (broad SMARTS) is 1. The zero-order chi connectivity index (χ0) is 24.1. The van der Waals surface area contributed by atoms with Gasteiger partial charge in [-0.25, -0.2) is 0 Å². The average molecular weight is 458 g/mol. The van der Waals surface area contributed by atoms with Crippen LogP contribution in [0.25, 0.3) is 0 Å². The zero-order valence-corrected chi connectivity index (χ0v) is 19.9. The van der Waals surface area contributed by atoms with Crippen LogP contribution in [-0.4, -0.2) is 34.9 Å². The van der Waals surface area contributed by atoms with Crippen molar-refractivity contribution in [2.45, 2.75) is 91.6 Å². The van der Waals surface area contributed by atoms with Gasteiger partial charge in [-0.15, -0.1) is 13.2 Å². The molecule has 0 bridgehead atoms. The number of halogens is 3. The molecule has 0 aliphatic carbocycles. The number of carboxylic acids is 1. The number of rotatable bonds is 9. The van der Waals surface area contributed by atoms with Crippen LogP contribution in [-0.2, 0) is 4.79 Å². The van der Waals surface area contributed by atoms with E-state index in [4.69, 9.17) is 0 Å². The summed E-state index contributed by atoms with van der Waals surface area (Å²) in [6.45, 7) is 11.9. The van der Waals surface area contributed by atoms with E-state index in [0.717, 1.165) is 37.8 Å². The maximum absolute atomic E-state index is 12.6. The summed E-state index contributed by atoms with van der Waals surface area (Å²) in [4.78, 5) is 13.8. The number of benzene rings is 1. The van der Waals surface area contributed by atoms with Crippen molar-refractivity contribution in [1.29, 1.82) is 0 Å². The summed E-state index contributed by atoms with van der Waals surface area (Å²) in [5.74, 6) is -0.404. The number of hydrogen-bond donors (Lipinski definition) is 1. The normalized spacial score (nSPS) is 21.5. The number of likely N-dealkylation sites (tertiary alicyclic amines) is 1. The Hall–Kier alpha value is -1.76. The first kappa shape index (κ1) is 26.5. The third-order valence-electron chi connectivity index (χ3n) is 6.11. The molecule has 182 valence electrons. The van der Waals surface area contributed by atoms with Crippen LogP contribution < -0.4 is 4.74 Å². The van der Waals surface area contributed by atoms with E-state index in [1.165, 1.54) is 12.1 Å². The summed E-state index contributed by atoms with van der Waals surface area (Å²) in [5, 5.41) is 9.30. The van der Waals surface area contributed by atoms with Gasteiger partial charge in [-0.1, -0.05) is 46.8 Å². The fourth-order valence-electron chi connectivity index (χ4n) is 4.76. The number of carbonyl (C=O) groups is 1. The Labute approximate surface area is 190 Å². The van der Waals surface area contributed by atoms with Gasteiger partial charge in [-0.3, -0.25) is 9.69 Å². The molecular weight excluding hydrogens is 419 g/mol. The Morgan fingerprint density at radius 1 is 1.16 bits per heavy atom. The molecule has 1 aromatic carbocycles. The number of hydrogen-bond acceptors (Lipinski definition) is 3. The fraction of sp³-hybridized carbons (Fsp3) is 0.720. The van der Waals surface area contributed by atoms with Gasteiger partial charge >= 0.3 is 12.3 Å². The smallest absolute Gasteiger partial charge is 0.481 e. The Morgan fingerprint density at radius 3 is 2.28 bits per heavy atom. The first-order valence-corrected chi connectivity index (χ1v) is 11.6. The summed E-state index contributed by atoms with van der Waals surface area (Å²) in [6.07, 6.45) is 0.0594. The summed E-state index contributed by atoms with van der Waals surface area (Å²) in [5.41, 5.74) is 1.05. The summed E-state index contributed by atoms with van der Waals surface area (Å²) < 4.78 is 41.7. The predicted octanol–water partition coefficient (Wildman–Crippen LogP) is 7.05. The fourth-order valence-corrected chi connectivity index (χ4v) is 4.76. The summed E-state index contributed by atoms with van der Waals surface area (Å²) >= 11 is 0. The molecule has 0 aromatic heterocycles. The number of ether oxygens (including phenoxy) is 1. The molecule has 1 aliphatic rings. The van der Waals surface area contributed by atoms with Gasteiger partial charge in [0.25, 0.3) is 0 Å². The molecule has 1 aliphatic heterocycles. The van der Waals surface area contributed by atoms with Crippen LogP contribution in [0, 0.1) is 17.3 Å². The molecule has 0 radical (unpaired) electrons. The van der Waals surface area contributed by atoms with Gasteiger partial charge < -0.3 is 9.84 Å². The highest BCUT2D eigenvalue weighted by molar-refractivity contribution is 5.67. The van der Waals surface area contributed by atoms with Gasteiger partial charge in [0.15, 0.2) is 0 Å². The van der Waals surface area contributed by atoms with Crippen molar-refractivity contribution in [3.05, 3.63) is 29.8 Å². The molecule has 1 heterocycles. The molecular formula is C25H38F3NO3. The Balaban J connectivity index is 2.32. The van der Waals surface area contributed by atoms with E-state index in [0.29, 0.717) is 18.4 Å². The van der Waals surface area contributed by atoms with Gasteiger partial charge in [-0.05, 0) is 73.6 Å². The Kier molecular flexibility index (Phi) is 9.03. The van der Waals surface area contributed by atoms with Crippen LogP contribution in [0.2, 0.25) is 0 Å². The van der Waals surface area contributed by atoms with Crippen LogP contribution in [0.5, 0.6) is 5.75 Å². The molecule has 2 rings (SSSR count). The molecule has 4 nitrogen and oxygen atoms in total. The highest BCUT2D eigenvalue weighted by Gasteiger charge is 2.36. The third kappa shape index (κ3) is 9.00. The van der Waals surface area contributed by atoms with Crippen molar-refractivity contribution in [2.75, 3.05) is 6.54 Å². The Bertz CT molecular complexity index is 725. The molecule has 0 saturated carbocycles. The number of alkyl halides is 3. The van der Waals surface area contributed by atoms with E-state index in [1.54, 1.807) is 12.1 Å². The summed E-state index contributed by atoms with van der Waals surface area (Å²) in [6, 6.07) is 6.41. The van der Waals surface area contributed by atoms with Crippen molar-refractivity contribution < 1.29 is 27.8 Å². The number of nitrogens with zero attached hydrogens (tertiary/aromatic N) is 1. The van der Waals surface area contributed by atoms with E-state index in [-0.39, 0.29) is 29.5 Å². The van der Waals surface area contributed by atoms with E-state index < -0.39 is 12.3 Å². The van der Waals surface area contributed by atoms with E-state index >= 15 is 0 Å². The lowest BCUT2D eigenvalue weighted by Gasteiger charge is -2.46. The van der Waals surface area contributed by atoms with Crippen LogP contribution in [0.15, 0.2) is 24.3 Å². The van der Waals surface area contributed by atoms with Crippen molar-refractivity contribution in [3.63, 3.8) is 0 Å². The predicted molar refractivity (Wildman–Crippen MR) is 119 cm³/mol. The molecule has 1 fully saturated rings. The van der Waals surface area contributed by atoms with Crippen molar-refractivity contribution in [2.24, 2.45) is 17.3 Å². The Morgan fingerprint density at radius 2 is 1.78 bits per heavy atom. The minimum absolute atomic E-state index is 0.0208. The minimum Gasteiger partial charge on any atom is -0.481 e. The minimum atomic E-state index is -4.72. The van der Waals surface area contributed by atoms with Gasteiger partial charge in [-0.2, -0.15) is 0 Å². The van der Waals surface area contributed by atoms with Crippen molar-refractivity contribution in [3.8, 4) is 5.75 Å². The maximum Gasteiger partial charge on any atom is 0.573 e. The van der Waals surface area contributed by atoms with Crippen LogP contribution in [0.1, 0.15) is 84.7 Å². The van der Waals surface area contributed by atoms with Gasteiger partial charge in [0, 0.05) is 18.5 Å². The topological polar surface area (TPSA) is 49.8 Å². The highest BCUT2D eigenvalue weighted by Crippen LogP contribution is 2.41. The van der Waals surface area contributed by atoms with E-state index in [1.807, 2.05) is 0 Å². The second-order valence-corrected chi connectivity index (χ2v) is 10.7. The van der Waals surface area contributed by atoms with E-state index in [9.17, 15) is 23.1 Å². The quantitative estimate of drug-likeness (QED) is 0.431. The second kappa shape index (κ2) is 10.9. The average Bonchev–Trinajstić information content (AvgIpc) is 2.63. The first-order chi connectivity index (χ1) is 14.7. The van der Waals surface area contributed by atoms with Crippen molar-refractivity contribution >= 4 is 5.97 Å². The molecule has 3 atom stereocenters. The van der Waals surface area contributed by atoms with E-state index in [2.05, 4.69) is 44.3 Å². The lowest BCUT2D eigenvalue weighted by molar-refractivity contribution is -0.274. The SMILES string of the molecule is CC(C)CC[C@H](CC(C)(C)C)N1CC[C@@H](CC(=O)O)C[C@H]1c1ccc(OC(F)(F)F)cc1. The number of aliphatic carboxylic acids is 1. The molecule has 1 saturated heterocycles. The monoisotopic (exact) mass is 457 g/mol. The third-order valence-corrected chi connectivity index (χ3v) is 6.11. The van der Waals surface area contributed by atoms with Gasteiger partial charge in [0.1, 0.15) is 5.75 Å². The molecule has 0 amide bonds.